The summed E-state index contributed by atoms with van der Waals surface area (Å²) in [5.41, 5.74) is 0. The summed E-state index contributed by atoms with van der Waals surface area (Å²) in [7, 11) is 0. The van der Waals surface area contributed by atoms with Crippen molar-refractivity contribution in [1.29, 1.82) is 0 Å². The van der Waals surface area contributed by atoms with E-state index in [2.05, 4.69) is 19.2 Å². The van der Waals surface area contributed by atoms with Crippen LogP contribution in [0.1, 0.15) is 58.8 Å². The molecule has 0 amide bonds. The van der Waals surface area contributed by atoms with Gasteiger partial charge in [0.25, 0.3) is 0 Å². The van der Waals surface area contributed by atoms with Gasteiger partial charge in [-0.25, -0.2) is 0 Å². The van der Waals surface area contributed by atoms with E-state index in [-0.39, 0.29) is 0 Å². The van der Waals surface area contributed by atoms with Gasteiger partial charge in [-0.15, -0.1) is 0 Å². The minimum Gasteiger partial charge on any atom is -0.379 e. The standard InChI is InChI=1S/C13H27NO/c1-3-12(2)15-11-7-5-4-6-10-14-13-8-9-13/h12-14H,3-11H2,1-2H3. The van der Waals surface area contributed by atoms with Crippen molar-refractivity contribution in [2.75, 3.05) is 13.2 Å². The van der Waals surface area contributed by atoms with Gasteiger partial charge < -0.3 is 10.1 Å². The fourth-order valence-corrected chi connectivity index (χ4v) is 1.58. The lowest BCUT2D eigenvalue weighted by Gasteiger charge is -2.09. The Balaban J connectivity index is 1.68. The van der Waals surface area contributed by atoms with Crippen LogP contribution in [-0.2, 0) is 4.74 Å². The highest BCUT2D eigenvalue weighted by molar-refractivity contribution is 4.80. The fourth-order valence-electron chi connectivity index (χ4n) is 1.58. The van der Waals surface area contributed by atoms with Gasteiger partial charge in [-0.1, -0.05) is 19.8 Å². The lowest BCUT2D eigenvalue weighted by Crippen LogP contribution is -2.17. The zero-order chi connectivity index (χ0) is 10.9. The van der Waals surface area contributed by atoms with Gasteiger partial charge >= 0.3 is 0 Å². The van der Waals surface area contributed by atoms with Crippen molar-refractivity contribution in [3.05, 3.63) is 0 Å². The molecule has 0 aromatic carbocycles. The minimum absolute atomic E-state index is 0.446. The molecule has 1 aliphatic carbocycles. The van der Waals surface area contributed by atoms with Crippen LogP contribution in [0.2, 0.25) is 0 Å². The van der Waals surface area contributed by atoms with Crippen molar-refractivity contribution in [3.63, 3.8) is 0 Å². The van der Waals surface area contributed by atoms with Crippen LogP contribution in [-0.4, -0.2) is 25.3 Å². The quantitative estimate of drug-likeness (QED) is 0.563. The molecule has 2 heteroatoms. The Morgan fingerprint density at radius 1 is 1.20 bits per heavy atom. The first kappa shape index (κ1) is 13.0. The second-order valence-corrected chi connectivity index (χ2v) is 4.73. The molecule has 1 saturated carbocycles. The Morgan fingerprint density at radius 2 is 1.93 bits per heavy atom. The van der Waals surface area contributed by atoms with Crippen LogP contribution in [0.4, 0.5) is 0 Å². The lowest BCUT2D eigenvalue weighted by molar-refractivity contribution is 0.0608. The summed E-state index contributed by atoms with van der Waals surface area (Å²) in [4.78, 5) is 0. The summed E-state index contributed by atoms with van der Waals surface area (Å²) in [6.07, 6.45) is 9.62. The topological polar surface area (TPSA) is 21.3 Å². The summed E-state index contributed by atoms with van der Waals surface area (Å²) in [6.45, 7) is 6.50. The molecule has 0 heterocycles. The Kier molecular flexibility index (Phi) is 7.03. The van der Waals surface area contributed by atoms with E-state index >= 15 is 0 Å². The normalized spacial score (nSPS) is 18.0. The maximum atomic E-state index is 5.63. The van der Waals surface area contributed by atoms with Crippen LogP contribution < -0.4 is 5.32 Å². The predicted molar refractivity (Wildman–Crippen MR) is 65.2 cm³/mol. The molecule has 1 atom stereocenters. The van der Waals surface area contributed by atoms with E-state index < -0.39 is 0 Å². The zero-order valence-corrected chi connectivity index (χ0v) is 10.4. The van der Waals surface area contributed by atoms with Crippen LogP contribution in [0.3, 0.4) is 0 Å². The summed E-state index contributed by atoms with van der Waals surface area (Å²) in [5, 5.41) is 3.54. The van der Waals surface area contributed by atoms with Gasteiger partial charge in [-0.05, 0) is 45.6 Å². The van der Waals surface area contributed by atoms with Crippen LogP contribution in [0.15, 0.2) is 0 Å². The first-order valence-electron chi connectivity index (χ1n) is 6.68. The Labute approximate surface area is 94.8 Å². The molecule has 0 radical (unpaired) electrons. The molecule has 1 fully saturated rings. The van der Waals surface area contributed by atoms with Gasteiger partial charge in [-0.2, -0.15) is 0 Å². The van der Waals surface area contributed by atoms with E-state index in [0.717, 1.165) is 19.1 Å². The van der Waals surface area contributed by atoms with E-state index in [1.165, 1.54) is 45.1 Å². The molecule has 0 spiro atoms. The van der Waals surface area contributed by atoms with Crippen molar-refractivity contribution in [1.82, 2.24) is 5.32 Å². The van der Waals surface area contributed by atoms with Crippen molar-refractivity contribution in [2.45, 2.75) is 70.9 Å². The summed E-state index contributed by atoms with van der Waals surface area (Å²) in [6, 6.07) is 0.874. The number of hydrogen-bond acceptors (Lipinski definition) is 2. The number of nitrogens with one attached hydrogen (secondary N) is 1. The van der Waals surface area contributed by atoms with Crippen molar-refractivity contribution in [2.24, 2.45) is 0 Å². The third-order valence-corrected chi connectivity index (χ3v) is 3.06. The van der Waals surface area contributed by atoms with E-state index in [1.54, 1.807) is 0 Å². The van der Waals surface area contributed by atoms with Gasteiger partial charge in [0.2, 0.25) is 0 Å². The van der Waals surface area contributed by atoms with Crippen molar-refractivity contribution in [3.8, 4) is 0 Å². The predicted octanol–water partition coefficient (Wildman–Crippen LogP) is 3.11. The number of hydrogen-bond donors (Lipinski definition) is 1. The molecular formula is C13H27NO. The van der Waals surface area contributed by atoms with Gasteiger partial charge in [-0.3, -0.25) is 0 Å². The maximum absolute atomic E-state index is 5.63. The number of rotatable bonds is 10. The molecule has 15 heavy (non-hydrogen) atoms. The van der Waals surface area contributed by atoms with Crippen molar-refractivity contribution < 1.29 is 4.74 Å². The molecule has 0 aliphatic heterocycles. The molecule has 1 aliphatic rings. The third-order valence-electron chi connectivity index (χ3n) is 3.06. The SMILES string of the molecule is CCC(C)OCCCCCCNC1CC1. The van der Waals surface area contributed by atoms with Crippen LogP contribution >= 0.6 is 0 Å². The first-order valence-corrected chi connectivity index (χ1v) is 6.68. The zero-order valence-electron chi connectivity index (χ0n) is 10.4. The lowest BCUT2D eigenvalue weighted by atomic mass is 10.2. The molecule has 0 aromatic rings. The highest BCUT2D eigenvalue weighted by Crippen LogP contribution is 2.18. The van der Waals surface area contributed by atoms with Crippen molar-refractivity contribution >= 4 is 0 Å². The number of ether oxygens (including phenoxy) is 1. The minimum atomic E-state index is 0.446. The van der Waals surface area contributed by atoms with Gasteiger partial charge in [0.05, 0.1) is 6.10 Å². The average Bonchev–Trinajstić information content (AvgIpc) is 3.05. The van der Waals surface area contributed by atoms with E-state index in [0.29, 0.717) is 6.10 Å². The largest absolute Gasteiger partial charge is 0.379 e. The Bertz CT molecular complexity index is 145. The molecule has 1 rings (SSSR count). The van der Waals surface area contributed by atoms with E-state index in [9.17, 15) is 0 Å². The first-order chi connectivity index (χ1) is 7.33. The molecule has 0 aromatic heterocycles. The van der Waals surface area contributed by atoms with Gasteiger partial charge in [0.15, 0.2) is 0 Å². The molecular weight excluding hydrogens is 186 g/mol. The molecule has 0 saturated heterocycles. The fraction of sp³-hybridized carbons (Fsp3) is 1.00. The average molecular weight is 213 g/mol. The third kappa shape index (κ3) is 7.80. The van der Waals surface area contributed by atoms with Crippen LogP contribution in [0.5, 0.6) is 0 Å². The highest BCUT2D eigenvalue weighted by Gasteiger charge is 2.19. The van der Waals surface area contributed by atoms with E-state index in [4.69, 9.17) is 4.74 Å². The molecule has 0 bridgehead atoms. The van der Waals surface area contributed by atoms with Gasteiger partial charge in [0, 0.05) is 12.6 Å². The summed E-state index contributed by atoms with van der Waals surface area (Å²) in [5.74, 6) is 0. The monoisotopic (exact) mass is 213 g/mol. The number of unbranched alkanes of at least 4 members (excludes halogenated alkanes) is 3. The Morgan fingerprint density at radius 3 is 2.60 bits per heavy atom. The smallest absolute Gasteiger partial charge is 0.0544 e. The molecule has 2 nitrogen and oxygen atoms in total. The van der Waals surface area contributed by atoms with Crippen LogP contribution in [0, 0.1) is 0 Å². The second kappa shape index (κ2) is 8.12. The summed E-state index contributed by atoms with van der Waals surface area (Å²) >= 11 is 0. The second-order valence-electron chi connectivity index (χ2n) is 4.73. The van der Waals surface area contributed by atoms with Crippen LogP contribution in [0.25, 0.3) is 0 Å². The Hall–Kier alpha value is -0.0800. The highest BCUT2D eigenvalue weighted by atomic mass is 16.5. The molecule has 90 valence electrons. The molecule has 1 unspecified atom stereocenters. The molecule has 1 N–H and O–H groups in total. The summed E-state index contributed by atoms with van der Waals surface area (Å²) < 4.78 is 5.63. The van der Waals surface area contributed by atoms with E-state index in [1.807, 2.05) is 0 Å². The maximum Gasteiger partial charge on any atom is 0.0544 e. The van der Waals surface area contributed by atoms with Gasteiger partial charge in [0.1, 0.15) is 0 Å².